The van der Waals surface area contributed by atoms with Crippen LogP contribution in [0.25, 0.3) is 71.7 Å². The Bertz CT molecular complexity index is 3410. The Kier molecular flexibility index (Phi) is 6.37. The topological polar surface area (TPSA) is 21.3 Å². The Morgan fingerprint density at radius 2 is 1.02 bits per heavy atom. The van der Waals surface area contributed by atoms with Gasteiger partial charge in [-0.3, -0.25) is 0 Å². The molecule has 3 heteroatoms. The van der Waals surface area contributed by atoms with Crippen LogP contribution in [0.1, 0.15) is 22.3 Å². The number of para-hydroxylation sites is 5. The fourth-order valence-electron chi connectivity index (χ4n) is 10.4. The van der Waals surface area contributed by atoms with Crippen LogP contribution in [0.15, 0.2) is 211 Å². The second-order valence-electron chi connectivity index (χ2n) is 15.6. The molecule has 0 amide bonds. The maximum absolute atomic E-state index is 6.81. The Hall–Kier alpha value is -7.62. The van der Waals surface area contributed by atoms with Crippen molar-refractivity contribution in [3.63, 3.8) is 0 Å². The standard InChI is InChI=1S/C55H34N2O/c1-3-15-37(16-4-1)56(38-17-5-2-6-18-38)39-30-27-35(28-31-39)36-29-32-46-43(33-36)40-19-7-10-22-45(40)55(46)47-23-11-13-25-50(47)57-49-24-12-8-21-42(49)52-53(57)48(55)34-44-41-20-9-14-26-51(41)58-54(44)52/h1-34H. The first-order valence-electron chi connectivity index (χ1n) is 20.0. The smallest absolute Gasteiger partial charge is 0.145 e. The lowest BCUT2D eigenvalue weighted by atomic mass is 9.65. The second-order valence-corrected chi connectivity index (χ2v) is 15.6. The number of rotatable bonds is 4. The summed E-state index contributed by atoms with van der Waals surface area (Å²) in [7, 11) is 0. The third kappa shape index (κ3) is 4.07. The summed E-state index contributed by atoms with van der Waals surface area (Å²) in [5.41, 5.74) is 18.5. The monoisotopic (exact) mass is 738 g/mol. The molecule has 0 fully saturated rings. The van der Waals surface area contributed by atoms with Gasteiger partial charge in [-0.25, -0.2) is 0 Å². The fourth-order valence-corrected chi connectivity index (χ4v) is 10.4. The predicted molar refractivity (Wildman–Crippen MR) is 239 cm³/mol. The van der Waals surface area contributed by atoms with Crippen LogP contribution in [0.5, 0.6) is 0 Å². The van der Waals surface area contributed by atoms with Crippen molar-refractivity contribution in [1.29, 1.82) is 0 Å². The third-order valence-corrected chi connectivity index (χ3v) is 12.8. The summed E-state index contributed by atoms with van der Waals surface area (Å²) in [6, 6.07) is 75.3. The van der Waals surface area contributed by atoms with Crippen LogP contribution in [0.4, 0.5) is 17.1 Å². The second kappa shape index (κ2) is 11.7. The summed E-state index contributed by atoms with van der Waals surface area (Å²) >= 11 is 0. The molecule has 13 rings (SSSR count). The third-order valence-electron chi connectivity index (χ3n) is 12.8. The van der Waals surface area contributed by atoms with Crippen LogP contribution in [-0.4, -0.2) is 4.57 Å². The molecule has 2 aromatic heterocycles. The molecule has 9 aromatic carbocycles. The van der Waals surface area contributed by atoms with Gasteiger partial charge in [0.2, 0.25) is 0 Å². The van der Waals surface area contributed by atoms with Crippen molar-refractivity contribution in [3.05, 3.63) is 229 Å². The molecule has 0 bridgehead atoms. The number of furan rings is 1. The number of hydrogen-bond donors (Lipinski definition) is 0. The molecule has 0 saturated heterocycles. The van der Waals surface area contributed by atoms with E-state index in [1.165, 1.54) is 72.0 Å². The SMILES string of the molecule is c1ccc(N(c2ccccc2)c2ccc(-c3ccc4c(c3)-c3ccccc3C43c4ccccc4-n4c5ccccc5c5c6oc7ccccc7c6cc3c54)cc2)cc1. The molecule has 0 N–H and O–H groups in total. The molecule has 2 aliphatic rings. The maximum atomic E-state index is 6.81. The van der Waals surface area contributed by atoms with Crippen molar-refractivity contribution in [3.8, 4) is 27.9 Å². The Balaban J connectivity index is 1.06. The highest BCUT2D eigenvalue weighted by Gasteiger charge is 2.51. The van der Waals surface area contributed by atoms with Gasteiger partial charge >= 0.3 is 0 Å². The van der Waals surface area contributed by atoms with Gasteiger partial charge in [0.1, 0.15) is 11.2 Å². The predicted octanol–water partition coefficient (Wildman–Crippen LogP) is 14.5. The molecule has 58 heavy (non-hydrogen) atoms. The lowest BCUT2D eigenvalue weighted by Crippen LogP contribution is -2.33. The first-order chi connectivity index (χ1) is 28.8. The number of fused-ring (bicyclic) bond motifs is 16. The lowest BCUT2D eigenvalue weighted by molar-refractivity contribution is 0.672. The summed E-state index contributed by atoms with van der Waals surface area (Å²) < 4.78 is 9.31. The molecule has 3 nitrogen and oxygen atoms in total. The van der Waals surface area contributed by atoms with E-state index in [1.807, 2.05) is 0 Å². The minimum absolute atomic E-state index is 0.550. The van der Waals surface area contributed by atoms with Gasteiger partial charge in [-0.2, -0.15) is 0 Å². The first kappa shape index (κ1) is 31.6. The number of hydrogen-bond acceptors (Lipinski definition) is 2. The first-order valence-corrected chi connectivity index (χ1v) is 20.0. The van der Waals surface area contributed by atoms with Crippen LogP contribution in [0.3, 0.4) is 0 Å². The van der Waals surface area contributed by atoms with Crippen LogP contribution in [0.2, 0.25) is 0 Å². The van der Waals surface area contributed by atoms with Crippen LogP contribution in [-0.2, 0) is 5.41 Å². The summed E-state index contributed by atoms with van der Waals surface area (Å²) in [5.74, 6) is 0. The van der Waals surface area contributed by atoms with Crippen molar-refractivity contribution >= 4 is 60.8 Å². The van der Waals surface area contributed by atoms with E-state index >= 15 is 0 Å². The molecule has 270 valence electrons. The van der Waals surface area contributed by atoms with E-state index in [0.717, 1.165) is 39.0 Å². The molecule has 0 saturated carbocycles. The quantitative estimate of drug-likeness (QED) is 0.179. The molecular formula is C55H34N2O. The molecule has 1 aliphatic heterocycles. The zero-order valence-electron chi connectivity index (χ0n) is 31.4. The highest BCUT2D eigenvalue weighted by atomic mass is 16.3. The van der Waals surface area contributed by atoms with E-state index in [4.69, 9.17) is 4.42 Å². The zero-order valence-corrected chi connectivity index (χ0v) is 31.4. The number of benzene rings is 9. The van der Waals surface area contributed by atoms with Gasteiger partial charge in [0.15, 0.2) is 0 Å². The van der Waals surface area contributed by atoms with Crippen molar-refractivity contribution in [1.82, 2.24) is 4.57 Å². The summed E-state index contributed by atoms with van der Waals surface area (Å²) in [4.78, 5) is 2.31. The normalized spacial score (nSPS) is 15.0. The summed E-state index contributed by atoms with van der Waals surface area (Å²) in [5, 5.41) is 4.68. The van der Waals surface area contributed by atoms with Crippen LogP contribution < -0.4 is 4.90 Å². The van der Waals surface area contributed by atoms with Crippen molar-refractivity contribution in [2.24, 2.45) is 0 Å². The maximum Gasteiger partial charge on any atom is 0.145 e. The molecule has 0 radical (unpaired) electrons. The van der Waals surface area contributed by atoms with Gasteiger partial charge < -0.3 is 13.9 Å². The van der Waals surface area contributed by atoms with E-state index in [-0.39, 0.29) is 0 Å². The van der Waals surface area contributed by atoms with Crippen molar-refractivity contribution in [2.45, 2.75) is 5.41 Å². The number of aromatic nitrogens is 1. The van der Waals surface area contributed by atoms with E-state index in [9.17, 15) is 0 Å². The van der Waals surface area contributed by atoms with Crippen molar-refractivity contribution in [2.75, 3.05) is 4.90 Å². The molecule has 1 atom stereocenters. The van der Waals surface area contributed by atoms with Gasteiger partial charge in [0.25, 0.3) is 0 Å². The van der Waals surface area contributed by atoms with E-state index in [1.54, 1.807) is 0 Å². The summed E-state index contributed by atoms with van der Waals surface area (Å²) in [6.07, 6.45) is 0. The Morgan fingerprint density at radius 1 is 0.414 bits per heavy atom. The molecule has 1 aliphatic carbocycles. The molecule has 3 heterocycles. The van der Waals surface area contributed by atoms with Gasteiger partial charge in [0, 0.05) is 33.2 Å². The largest absolute Gasteiger partial charge is 0.455 e. The van der Waals surface area contributed by atoms with Gasteiger partial charge in [0.05, 0.1) is 27.5 Å². The number of anilines is 3. The average Bonchev–Trinajstić information content (AvgIpc) is 3.94. The summed E-state index contributed by atoms with van der Waals surface area (Å²) in [6.45, 7) is 0. The Morgan fingerprint density at radius 3 is 1.81 bits per heavy atom. The van der Waals surface area contributed by atoms with Gasteiger partial charge in [-0.1, -0.05) is 140 Å². The zero-order chi connectivity index (χ0) is 38.0. The number of nitrogens with zero attached hydrogens (tertiary/aromatic N) is 2. The van der Waals surface area contributed by atoms with E-state index in [2.05, 4.69) is 216 Å². The minimum atomic E-state index is -0.550. The average molecular weight is 739 g/mol. The fraction of sp³-hybridized carbons (Fsp3) is 0.0182. The van der Waals surface area contributed by atoms with Crippen LogP contribution in [0, 0.1) is 0 Å². The van der Waals surface area contributed by atoms with Crippen LogP contribution >= 0.6 is 0 Å². The van der Waals surface area contributed by atoms with Gasteiger partial charge in [-0.05, 0) is 111 Å². The van der Waals surface area contributed by atoms with E-state index in [0.29, 0.717) is 0 Å². The molecule has 1 unspecified atom stereocenters. The van der Waals surface area contributed by atoms with E-state index < -0.39 is 5.41 Å². The highest BCUT2D eigenvalue weighted by Crippen LogP contribution is 2.62. The molecular weight excluding hydrogens is 705 g/mol. The highest BCUT2D eigenvalue weighted by molar-refractivity contribution is 6.26. The Labute approximate surface area is 335 Å². The van der Waals surface area contributed by atoms with Crippen molar-refractivity contribution < 1.29 is 4.42 Å². The minimum Gasteiger partial charge on any atom is -0.455 e. The molecule has 1 spiro atoms. The molecule has 11 aromatic rings. The lowest BCUT2D eigenvalue weighted by Gasteiger charge is -2.39. The van der Waals surface area contributed by atoms with Gasteiger partial charge in [-0.15, -0.1) is 0 Å².